The van der Waals surface area contributed by atoms with E-state index in [1.807, 2.05) is 11.4 Å². The second kappa shape index (κ2) is 8.84. The Labute approximate surface area is 177 Å². The fourth-order valence-electron chi connectivity index (χ4n) is 3.06. The average Bonchev–Trinajstić information content (AvgIpc) is 3.42. The predicted octanol–water partition coefficient (Wildman–Crippen LogP) is 7.09. The standard InChI is InChI=1S/C23H21FN2OS2/c1-3-4-5-15-6-8-16(9-7-15)19-13-28-22(25-19)23-26-20(14-29-23)17-10-11-21(27-2)18(24)12-17/h6-14H,3-5H2,1-2H3. The van der Waals surface area contributed by atoms with Gasteiger partial charge in [-0.15, -0.1) is 22.7 Å². The van der Waals surface area contributed by atoms with Gasteiger partial charge in [0, 0.05) is 21.9 Å². The third kappa shape index (κ3) is 4.38. The molecule has 0 unspecified atom stereocenters. The Morgan fingerprint density at radius 1 is 0.897 bits per heavy atom. The summed E-state index contributed by atoms with van der Waals surface area (Å²) in [6, 6.07) is 13.5. The zero-order valence-electron chi connectivity index (χ0n) is 16.3. The first-order valence-corrected chi connectivity index (χ1v) is 11.3. The first-order valence-electron chi connectivity index (χ1n) is 9.52. The summed E-state index contributed by atoms with van der Waals surface area (Å²) >= 11 is 3.09. The van der Waals surface area contributed by atoms with Crippen LogP contribution in [0.2, 0.25) is 0 Å². The van der Waals surface area contributed by atoms with Gasteiger partial charge in [-0.25, -0.2) is 14.4 Å². The van der Waals surface area contributed by atoms with Crippen LogP contribution < -0.4 is 4.74 Å². The van der Waals surface area contributed by atoms with E-state index in [9.17, 15) is 4.39 Å². The Morgan fingerprint density at radius 3 is 2.10 bits per heavy atom. The Hall–Kier alpha value is -2.57. The second-order valence-electron chi connectivity index (χ2n) is 6.73. The molecule has 148 valence electrons. The van der Waals surface area contributed by atoms with E-state index in [0.717, 1.165) is 39.0 Å². The molecule has 2 aromatic heterocycles. The maximum atomic E-state index is 14.0. The molecule has 0 aliphatic heterocycles. The molecule has 2 aromatic carbocycles. The first-order chi connectivity index (χ1) is 14.2. The van der Waals surface area contributed by atoms with E-state index in [4.69, 9.17) is 9.72 Å². The third-order valence-electron chi connectivity index (χ3n) is 4.71. The minimum atomic E-state index is -0.390. The number of rotatable bonds is 7. The maximum Gasteiger partial charge on any atom is 0.165 e. The van der Waals surface area contributed by atoms with Gasteiger partial charge in [0.25, 0.3) is 0 Å². The molecule has 0 fully saturated rings. The van der Waals surface area contributed by atoms with Crippen LogP contribution in [0.5, 0.6) is 5.75 Å². The number of benzene rings is 2. The van der Waals surface area contributed by atoms with Crippen molar-refractivity contribution in [1.82, 2.24) is 9.97 Å². The van der Waals surface area contributed by atoms with Crippen molar-refractivity contribution in [3.8, 4) is 38.3 Å². The molecular weight excluding hydrogens is 403 g/mol. The van der Waals surface area contributed by atoms with Crippen LogP contribution in [0.1, 0.15) is 25.3 Å². The van der Waals surface area contributed by atoms with E-state index in [1.165, 1.54) is 42.9 Å². The van der Waals surface area contributed by atoms with Crippen LogP contribution in [-0.4, -0.2) is 17.1 Å². The highest BCUT2D eigenvalue weighted by Gasteiger charge is 2.13. The van der Waals surface area contributed by atoms with Crippen LogP contribution >= 0.6 is 22.7 Å². The van der Waals surface area contributed by atoms with Gasteiger partial charge in [0.15, 0.2) is 21.6 Å². The molecule has 29 heavy (non-hydrogen) atoms. The molecule has 6 heteroatoms. The number of hydrogen-bond donors (Lipinski definition) is 0. The molecule has 0 spiro atoms. The molecule has 0 amide bonds. The van der Waals surface area contributed by atoms with Crippen LogP contribution in [-0.2, 0) is 6.42 Å². The zero-order chi connectivity index (χ0) is 20.2. The lowest BCUT2D eigenvalue weighted by Gasteiger charge is -2.02. The van der Waals surface area contributed by atoms with Crippen molar-refractivity contribution >= 4 is 22.7 Å². The lowest BCUT2D eigenvalue weighted by Crippen LogP contribution is -1.88. The molecule has 4 rings (SSSR count). The molecule has 0 atom stereocenters. The number of aromatic nitrogens is 2. The van der Waals surface area contributed by atoms with Gasteiger partial charge < -0.3 is 4.74 Å². The highest BCUT2D eigenvalue weighted by Crippen LogP contribution is 2.34. The largest absolute Gasteiger partial charge is 0.494 e. The number of unbranched alkanes of at least 4 members (excludes halogenated alkanes) is 1. The Balaban J connectivity index is 1.54. The Bertz CT molecular complexity index is 1100. The van der Waals surface area contributed by atoms with Gasteiger partial charge in [0.1, 0.15) is 0 Å². The van der Waals surface area contributed by atoms with Gasteiger partial charge in [-0.3, -0.25) is 0 Å². The van der Waals surface area contributed by atoms with E-state index >= 15 is 0 Å². The van der Waals surface area contributed by atoms with Gasteiger partial charge in [-0.05, 0) is 36.6 Å². The fraction of sp³-hybridized carbons (Fsp3) is 0.217. The minimum Gasteiger partial charge on any atom is -0.494 e. The molecule has 0 aliphatic carbocycles. The summed E-state index contributed by atoms with van der Waals surface area (Å²) < 4.78 is 19.0. The van der Waals surface area contributed by atoms with E-state index in [2.05, 4.69) is 41.6 Å². The average molecular weight is 425 g/mol. The number of nitrogens with zero attached hydrogens (tertiary/aromatic N) is 2. The molecule has 2 heterocycles. The van der Waals surface area contributed by atoms with E-state index < -0.39 is 5.82 Å². The quantitative estimate of drug-likeness (QED) is 0.318. The van der Waals surface area contributed by atoms with E-state index in [-0.39, 0.29) is 5.75 Å². The fourth-order valence-corrected chi connectivity index (χ4v) is 4.77. The molecule has 0 aliphatic rings. The van der Waals surface area contributed by atoms with Crippen molar-refractivity contribution in [2.24, 2.45) is 0 Å². The van der Waals surface area contributed by atoms with Crippen LogP contribution in [0.3, 0.4) is 0 Å². The summed E-state index contributed by atoms with van der Waals surface area (Å²) in [5.74, 6) is -0.159. The van der Waals surface area contributed by atoms with Crippen LogP contribution in [0.25, 0.3) is 32.5 Å². The van der Waals surface area contributed by atoms with Crippen molar-refractivity contribution in [1.29, 1.82) is 0 Å². The summed E-state index contributed by atoms with van der Waals surface area (Å²) in [7, 11) is 1.46. The lowest BCUT2D eigenvalue weighted by molar-refractivity contribution is 0.386. The zero-order valence-corrected chi connectivity index (χ0v) is 17.9. The minimum absolute atomic E-state index is 0.231. The molecule has 0 saturated carbocycles. The normalized spacial score (nSPS) is 11.0. The number of thiazole rings is 2. The predicted molar refractivity (Wildman–Crippen MR) is 119 cm³/mol. The summed E-state index contributed by atoms with van der Waals surface area (Å²) in [6.45, 7) is 2.21. The van der Waals surface area contributed by atoms with Gasteiger partial charge in [-0.1, -0.05) is 37.6 Å². The summed E-state index contributed by atoms with van der Waals surface area (Å²) in [4.78, 5) is 9.43. The molecule has 0 bridgehead atoms. The van der Waals surface area contributed by atoms with Gasteiger partial charge in [-0.2, -0.15) is 0 Å². The Kier molecular flexibility index (Phi) is 6.02. The van der Waals surface area contributed by atoms with Crippen molar-refractivity contribution in [2.45, 2.75) is 26.2 Å². The van der Waals surface area contributed by atoms with Crippen molar-refractivity contribution < 1.29 is 9.13 Å². The van der Waals surface area contributed by atoms with Crippen LogP contribution in [0.15, 0.2) is 53.2 Å². The van der Waals surface area contributed by atoms with E-state index in [1.54, 1.807) is 17.4 Å². The van der Waals surface area contributed by atoms with Gasteiger partial charge in [0.05, 0.1) is 18.5 Å². The highest BCUT2D eigenvalue weighted by molar-refractivity contribution is 7.20. The maximum absolute atomic E-state index is 14.0. The molecule has 0 N–H and O–H groups in total. The smallest absolute Gasteiger partial charge is 0.165 e. The molecule has 0 radical (unpaired) electrons. The molecular formula is C23H21FN2OS2. The van der Waals surface area contributed by atoms with E-state index in [0.29, 0.717) is 0 Å². The SMILES string of the molecule is CCCCc1ccc(-c2csc(-c3nc(-c4ccc(OC)c(F)c4)cs3)n2)cc1. The number of methoxy groups -OCH3 is 1. The first kappa shape index (κ1) is 19.7. The summed E-state index contributed by atoms with van der Waals surface area (Å²) in [6.07, 6.45) is 3.54. The topological polar surface area (TPSA) is 35.0 Å². The van der Waals surface area contributed by atoms with Crippen LogP contribution in [0.4, 0.5) is 4.39 Å². The Morgan fingerprint density at radius 2 is 1.52 bits per heavy atom. The van der Waals surface area contributed by atoms with Crippen molar-refractivity contribution in [3.05, 3.63) is 64.6 Å². The van der Waals surface area contributed by atoms with Gasteiger partial charge >= 0.3 is 0 Å². The third-order valence-corrected chi connectivity index (χ3v) is 6.53. The second-order valence-corrected chi connectivity index (χ2v) is 8.44. The van der Waals surface area contributed by atoms with Crippen molar-refractivity contribution in [2.75, 3.05) is 7.11 Å². The van der Waals surface area contributed by atoms with Gasteiger partial charge in [0.2, 0.25) is 0 Å². The number of halogens is 1. The monoisotopic (exact) mass is 424 g/mol. The van der Waals surface area contributed by atoms with Crippen LogP contribution in [0, 0.1) is 5.82 Å². The molecule has 3 nitrogen and oxygen atoms in total. The lowest BCUT2D eigenvalue weighted by atomic mass is 10.1. The summed E-state index contributed by atoms with van der Waals surface area (Å²) in [5.41, 5.74) is 4.90. The molecule has 0 saturated heterocycles. The summed E-state index contributed by atoms with van der Waals surface area (Å²) in [5, 5.41) is 5.71. The highest BCUT2D eigenvalue weighted by atomic mass is 32.1. The number of ether oxygens (including phenoxy) is 1. The number of hydrogen-bond acceptors (Lipinski definition) is 5. The number of aryl methyl sites for hydroxylation is 1. The molecule has 4 aromatic rings. The van der Waals surface area contributed by atoms with Crippen molar-refractivity contribution in [3.63, 3.8) is 0 Å².